The summed E-state index contributed by atoms with van der Waals surface area (Å²) in [6.07, 6.45) is 16.7. The molecule has 2 heterocycles. The highest BCUT2D eigenvalue weighted by Crippen LogP contribution is 2.41. The molecule has 2 heteroatoms. The maximum absolute atomic E-state index is 4.58. The highest BCUT2D eigenvalue weighted by molar-refractivity contribution is 7.99. The first-order chi connectivity index (χ1) is 26.6. The Hall–Kier alpha value is -5.67. The van der Waals surface area contributed by atoms with Crippen molar-refractivity contribution in [3.63, 3.8) is 0 Å². The van der Waals surface area contributed by atoms with Crippen LogP contribution in [0.15, 0.2) is 175 Å². The molecular formula is C52H40S2. The molecule has 0 amide bonds. The van der Waals surface area contributed by atoms with Gasteiger partial charge in [0.05, 0.1) is 0 Å². The summed E-state index contributed by atoms with van der Waals surface area (Å²) in [7, 11) is 0. The van der Waals surface area contributed by atoms with Crippen LogP contribution in [0, 0.1) is 0 Å². The smallest absolute Gasteiger partial charge is 0.0430 e. The second-order valence-corrected chi connectivity index (χ2v) is 16.1. The van der Waals surface area contributed by atoms with Crippen LogP contribution in [-0.4, -0.2) is 5.75 Å². The Morgan fingerprint density at radius 1 is 0.630 bits per heavy atom. The van der Waals surface area contributed by atoms with E-state index >= 15 is 0 Å². The van der Waals surface area contributed by atoms with Crippen molar-refractivity contribution in [1.82, 2.24) is 0 Å². The minimum atomic E-state index is 0.899. The molecule has 7 aromatic rings. The molecule has 0 unspecified atom stereocenters. The number of rotatable bonds is 4. The van der Waals surface area contributed by atoms with Crippen LogP contribution < -0.4 is 20.9 Å². The van der Waals surface area contributed by atoms with E-state index in [1.807, 2.05) is 29.2 Å². The maximum atomic E-state index is 4.58. The molecule has 54 heavy (non-hydrogen) atoms. The normalized spacial score (nSPS) is 17.4. The number of thioether (sulfide) groups is 1. The van der Waals surface area contributed by atoms with Gasteiger partial charge in [-0.1, -0.05) is 159 Å². The first-order valence-corrected chi connectivity index (χ1v) is 20.5. The molecule has 2 aliphatic rings. The molecule has 260 valence electrons. The van der Waals surface area contributed by atoms with Gasteiger partial charge in [-0.2, -0.15) is 0 Å². The number of allylic oxidation sites excluding steroid dienone is 5. The van der Waals surface area contributed by atoms with E-state index in [0.717, 1.165) is 46.6 Å². The van der Waals surface area contributed by atoms with Crippen molar-refractivity contribution in [3.8, 4) is 0 Å². The van der Waals surface area contributed by atoms with Crippen LogP contribution in [-0.2, 0) is 6.42 Å². The lowest BCUT2D eigenvalue weighted by molar-refractivity contribution is 1.05. The van der Waals surface area contributed by atoms with Crippen LogP contribution in [0.3, 0.4) is 0 Å². The molecule has 0 spiro atoms. The Morgan fingerprint density at radius 2 is 1.35 bits per heavy atom. The number of fused-ring (bicyclic) bond motifs is 7. The zero-order valence-electron chi connectivity index (χ0n) is 30.2. The number of hydrogen-bond donors (Lipinski definition) is 0. The van der Waals surface area contributed by atoms with Gasteiger partial charge in [-0.3, -0.25) is 0 Å². The molecule has 9 rings (SSSR count). The van der Waals surface area contributed by atoms with E-state index in [-0.39, 0.29) is 0 Å². The average molecular weight is 729 g/mol. The number of benzene rings is 6. The average Bonchev–Trinajstić information content (AvgIpc) is 3.62. The third kappa shape index (κ3) is 6.69. The molecule has 0 saturated carbocycles. The molecule has 0 nitrogen and oxygen atoms in total. The van der Waals surface area contributed by atoms with Crippen LogP contribution >= 0.6 is 23.1 Å². The molecule has 6 aromatic carbocycles. The molecule has 1 aromatic heterocycles. The molecule has 0 fully saturated rings. The fraction of sp³-hybridized carbons (Fsp3) is 0.0769. The quantitative estimate of drug-likeness (QED) is 0.174. The summed E-state index contributed by atoms with van der Waals surface area (Å²) in [6.45, 7) is 8.83. The number of thiophene rings is 1. The van der Waals surface area contributed by atoms with Gasteiger partial charge >= 0.3 is 0 Å². The van der Waals surface area contributed by atoms with Crippen LogP contribution in [0.5, 0.6) is 0 Å². The second-order valence-electron chi connectivity index (χ2n) is 14.1. The van der Waals surface area contributed by atoms with E-state index in [1.54, 1.807) is 0 Å². The standard InChI is InChI=1S/C52H40S2/c1-35-15-7-8-16-39(35)31-36(2)43-18-5-3-4-6-19-44(46-21-11-10-20-45(43)46)38-27-25-37(26-28-38)42-33-49-40(32-41-17-9-13-23-50(41)53-34-42)29-30-48-47-22-12-14-24-51(47)54-52(48)49/h5-31,33H,1-4,32,34H2/b18-5?,19-6+,39-31-,42-33+,45-43?,46-44+. The second kappa shape index (κ2) is 15.0. The molecule has 0 atom stereocenters. The monoisotopic (exact) mass is 728 g/mol. The maximum Gasteiger partial charge on any atom is 0.0430 e. The van der Waals surface area contributed by atoms with Crippen LogP contribution in [0.4, 0.5) is 0 Å². The Balaban J connectivity index is 1.20. The first kappa shape index (κ1) is 34.1. The Labute approximate surface area is 325 Å². The van der Waals surface area contributed by atoms with Crippen molar-refractivity contribution in [2.24, 2.45) is 0 Å². The van der Waals surface area contributed by atoms with Gasteiger partial charge in [-0.15, -0.1) is 23.1 Å². The summed E-state index contributed by atoms with van der Waals surface area (Å²) in [5.41, 5.74) is 11.3. The fourth-order valence-corrected chi connectivity index (χ4v) is 10.1. The topological polar surface area (TPSA) is 0 Å². The van der Waals surface area contributed by atoms with Crippen LogP contribution in [0.25, 0.3) is 55.6 Å². The summed E-state index contributed by atoms with van der Waals surface area (Å²) < 4.78 is 2.72. The molecule has 1 aliphatic carbocycles. The zero-order chi connectivity index (χ0) is 36.4. The predicted molar refractivity (Wildman–Crippen MR) is 238 cm³/mol. The Kier molecular flexibility index (Phi) is 9.47. The van der Waals surface area contributed by atoms with Gasteiger partial charge < -0.3 is 0 Å². The SMILES string of the molecule is C=C(/C=c1/ccccc1=C)C1=c2cccc/c2=C(c2ccc(/C3=C/c4c(ccc5c4sc4ccccc45)Cc4ccccc4SC3)cc2)/C=C/CCC=C1. The van der Waals surface area contributed by atoms with Gasteiger partial charge in [0.2, 0.25) is 0 Å². The number of hydrogen-bond acceptors (Lipinski definition) is 2. The Morgan fingerprint density at radius 3 is 2.22 bits per heavy atom. The minimum absolute atomic E-state index is 0.899. The summed E-state index contributed by atoms with van der Waals surface area (Å²) >= 11 is 3.87. The van der Waals surface area contributed by atoms with Gasteiger partial charge in [0.1, 0.15) is 0 Å². The van der Waals surface area contributed by atoms with Gasteiger partial charge in [-0.05, 0) is 115 Å². The summed E-state index contributed by atoms with van der Waals surface area (Å²) in [4.78, 5) is 1.36. The van der Waals surface area contributed by atoms with E-state index in [2.05, 4.69) is 177 Å². The third-order valence-corrected chi connectivity index (χ3v) is 13.0. The lowest BCUT2D eigenvalue weighted by Crippen LogP contribution is -2.29. The highest BCUT2D eigenvalue weighted by Gasteiger charge is 2.18. The summed E-state index contributed by atoms with van der Waals surface area (Å²) in [5, 5.41) is 7.17. The van der Waals surface area contributed by atoms with Gasteiger partial charge in [0.25, 0.3) is 0 Å². The van der Waals surface area contributed by atoms with Gasteiger partial charge in [-0.25, -0.2) is 0 Å². The lowest BCUT2D eigenvalue weighted by atomic mass is 9.93. The molecule has 0 bridgehead atoms. The van der Waals surface area contributed by atoms with Crippen LogP contribution in [0.2, 0.25) is 0 Å². The molecule has 1 aliphatic heterocycles. The molecule has 0 radical (unpaired) electrons. The van der Waals surface area contributed by atoms with Crippen molar-refractivity contribution in [2.75, 3.05) is 5.75 Å². The van der Waals surface area contributed by atoms with Crippen LogP contribution in [0.1, 0.15) is 40.7 Å². The predicted octanol–water partition coefficient (Wildman–Crippen LogP) is 11.0. The van der Waals surface area contributed by atoms with E-state index in [4.69, 9.17) is 0 Å². The molecular weight excluding hydrogens is 689 g/mol. The summed E-state index contributed by atoms with van der Waals surface area (Å²) in [5.74, 6) is 0.899. The highest BCUT2D eigenvalue weighted by atomic mass is 32.2. The fourth-order valence-electron chi connectivity index (χ4n) is 7.76. The minimum Gasteiger partial charge on any atom is -0.135 e. The Bertz CT molecular complexity index is 2930. The first-order valence-electron chi connectivity index (χ1n) is 18.7. The largest absolute Gasteiger partial charge is 0.135 e. The van der Waals surface area contributed by atoms with Crippen molar-refractivity contribution in [3.05, 3.63) is 219 Å². The van der Waals surface area contributed by atoms with E-state index in [1.165, 1.54) is 74.5 Å². The van der Waals surface area contributed by atoms with E-state index < -0.39 is 0 Å². The van der Waals surface area contributed by atoms with Crippen molar-refractivity contribution in [1.29, 1.82) is 0 Å². The third-order valence-electron chi connectivity index (χ3n) is 10.6. The van der Waals surface area contributed by atoms with E-state index in [9.17, 15) is 0 Å². The van der Waals surface area contributed by atoms with Gasteiger partial charge in [0, 0.05) is 30.8 Å². The van der Waals surface area contributed by atoms with Crippen molar-refractivity contribution in [2.45, 2.75) is 24.2 Å². The summed E-state index contributed by atoms with van der Waals surface area (Å²) in [6, 6.07) is 48.8. The molecule has 0 N–H and O–H groups in total. The van der Waals surface area contributed by atoms with Crippen molar-refractivity contribution >= 4 is 78.7 Å². The lowest BCUT2D eigenvalue weighted by Gasteiger charge is -2.12. The van der Waals surface area contributed by atoms with Crippen molar-refractivity contribution < 1.29 is 0 Å². The zero-order valence-corrected chi connectivity index (χ0v) is 31.9. The van der Waals surface area contributed by atoms with E-state index in [0.29, 0.717) is 0 Å². The molecule has 0 saturated heterocycles. The van der Waals surface area contributed by atoms with Gasteiger partial charge in [0.15, 0.2) is 0 Å².